The second-order valence-electron chi connectivity index (χ2n) is 5.36. The number of amides is 1. The molecule has 2 rings (SSSR count). The molecule has 1 N–H and O–H groups in total. The summed E-state index contributed by atoms with van der Waals surface area (Å²) in [6, 6.07) is 10.5. The molecule has 1 amide bonds. The smallest absolute Gasteiger partial charge is 0.416 e. The SMILES string of the molecule is CC(NC(=O)COc1ccccc1C=O)c1cccc(C(F)(F)F)c1. The van der Waals surface area contributed by atoms with Crippen LogP contribution in [0.5, 0.6) is 5.75 Å². The lowest BCUT2D eigenvalue weighted by Crippen LogP contribution is -2.31. The summed E-state index contributed by atoms with van der Waals surface area (Å²) in [5.74, 6) is -0.245. The van der Waals surface area contributed by atoms with E-state index in [0.717, 1.165) is 12.1 Å². The van der Waals surface area contributed by atoms with Crippen LogP contribution < -0.4 is 10.1 Å². The maximum absolute atomic E-state index is 12.7. The third-order valence-electron chi connectivity index (χ3n) is 3.50. The molecule has 2 aromatic rings. The van der Waals surface area contributed by atoms with Gasteiger partial charge in [-0.2, -0.15) is 13.2 Å². The predicted octanol–water partition coefficient (Wildman–Crippen LogP) is 3.77. The number of hydrogen-bond acceptors (Lipinski definition) is 3. The number of aldehydes is 1. The molecule has 0 heterocycles. The van der Waals surface area contributed by atoms with Crippen LogP contribution in [0.1, 0.15) is 34.5 Å². The van der Waals surface area contributed by atoms with E-state index >= 15 is 0 Å². The highest BCUT2D eigenvalue weighted by Crippen LogP contribution is 2.30. The van der Waals surface area contributed by atoms with Gasteiger partial charge in [0.15, 0.2) is 12.9 Å². The molecule has 1 unspecified atom stereocenters. The summed E-state index contributed by atoms with van der Waals surface area (Å²) in [4.78, 5) is 22.8. The van der Waals surface area contributed by atoms with Crippen LogP contribution >= 0.6 is 0 Å². The van der Waals surface area contributed by atoms with Crippen LogP contribution in [0.25, 0.3) is 0 Å². The Morgan fingerprint density at radius 3 is 2.60 bits per heavy atom. The molecule has 0 aliphatic heterocycles. The highest BCUT2D eigenvalue weighted by atomic mass is 19.4. The summed E-state index contributed by atoms with van der Waals surface area (Å²) in [5.41, 5.74) is -0.139. The summed E-state index contributed by atoms with van der Waals surface area (Å²) in [6.07, 6.45) is -3.83. The minimum atomic E-state index is -4.44. The lowest BCUT2D eigenvalue weighted by atomic mass is 10.0. The van der Waals surface area contributed by atoms with Crippen molar-refractivity contribution in [2.75, 3.05) is 6.61 Å². The number of hydrogen-bond donors (Lipinski definition) is 1. The summed E-state index contributed by atoms with van der Waals surface area (Å²) in [7, 11) is 0. The second-order valence-corrected chi connectivity index (χ2v) is 5.36. The number of benzene rings is 2. The Morgan fingerprint density at radius 2 is 1.92 bits per heavy atom. The van der Waals surface area contributed by atoms with Crippen molar-refractivity contribution in [3.05, 3.63) is 65.2 Å². The maximum Gasteiger partial charge on any atom is 0.416 e. The topological polar surface area (TPSA) is 55.4 Å². The number of halogens is 3. The molecular weight excluding hydrogens is 335 g/mol. The van der Waals surface area contributed by atoms with Gasteiger partial charge in [-0.05, 0) is 36.8 Å². The molecule has 0 fully saturated rings. The van der Waals surface area contributed by atoms with Gasteiger partial charge in [0.05, 0.1) is 17.2 Å². The fraction of sp³-hybridized carbons (Fsp3) is 0.222. The minimum Gasteiger partial charge on any atom is -0.483 e. The Morgan fingerprint density at radius 1 is 1.20 bits per heavy atom. The van der Waals surface area contributed by atoms with Crippen LogP contribution in [0.3, 0.4) is 0 Å². The highest BCUT2D eigenvalue weighted by molar-refractivity contribution is 5.81. The molecule has 0 aliphatic rings. The molecule has 25 heavy (non-hydrogen) atoms. The monoisotopic (exact) mass is 351 g/mol. The maximum atomic E-state index is 12.7. The molecule has 7 heteroatoms. The number of alkyl halides is 3. The lowest BCUT2D eigenvalue weighted by Gasteiger charge is -2.16. The van der Waals surface area contributed by atoms with Gasteiger partial charge in [-0.3, -0.25) is 9.59 Å². The van der Waals surface area contributed by atoms with E-state index in [2.05, 4.69) is 5.32 Å². The normalized spacial score (nSPS) is 12.3. The van der Waals surface area contributed by atoms with E-state index in [1.807, 2.05) is 0 Å². The van der Waals surface area contributed by atoms with Gasteiger partial charge < -0.3 is 10.1 Å². The Kier molecular flexibility index (Phi) is 5.80. The lowest BCUT2D eigenvalue weighted by molar-refractivity contribution is -0.137. The zero-order valence-corrected chi connectivity index (χ0v) is 13.3. The number of para-hydroxylation sites is 1. The van der Waals surface area contributed by atoms with E-state index < -0.39 is 23.7 Å². The van der Waals surface area contributed by atoms with Crippen molar-refractivity contribution in [2.45, 2.75) is 19.1 Å². The molecule has 0 saturated carbocycles. The first-order chi connectivity index (χ1) is 11.8. The Bertz CT molecular complexity index is 759. The average molecular weight is 351 g/mol. The van der Waals surface area contributed by atoms with Gasteiger partial charge in [0.25, 0.3) is 5.91 Å². The Balaban J connectivity index is 1.97. The summed E-state index contributed by atoms with van der Waals surface area (Å²) < 4.78 is 43.5. The summed E-state index contributed by atoms with van der Waals surface area (Å²) >= 11 is 0. The molecule has 0 aromatic heterocycles. The molecule has 132 valence electrons. The van der Waals surface area contributed by atoms with Crippen molar-refractivity contribution in [3.8, 4) is 5.75 Å². The standard InChI is InChI=1S/C18H16F3NO3/c1-12(13-6-4-7-15(9-13)18(19,20)21)22-17(24)11-25-16-8-3-2-5-14(16)10-23/h2-10,12H,11H2,1H3,(H,22,24). The van der Waals surface area contributed by atoms with Crippen molar-refractivity contribution >= 4 is 12.2 Å². The number of carbonyl (C=O) groups excluding carboxylic acids is 2. The van der Waals surface area contributed by atoms with Crippen molar-refractivity contribution < 1.29 is 27.5 Å². The van der Waals surface area contributed by atoms with Crippen molar-refractivity contribution in [3.63, 3.8) is 0 Å². The second kappa shape index (κ2) is 7.83. The zero-order chi connectivity index (χ0) is 18.4. The van der Waals surface area contributed by atoms with Crippen molar-refractivity contribution in [1.29, 1.82) is 0 Å². The molecular formula is C18H16F3NO3. The van der Waals surface area contributed by atoms with Crippen LogP contribution in [0.4, 0.5) is 13.2 Å². The van der Waals surface area contributed by atoms with Gasteiger partial charge in [0.2, 0.25) is 0 Å². The van der Waals surface area contributed by atoms with E-state index in [9.17, 15) is 22.8 Å². The Labute approximate surface area is 142 Å². The third kappa shape index (κ3) is 5.07. The minimum absolute atomic E-state index is 0.263. The molecule has 0 radical (unpaired) electrons. The number of ether oxygens (including phenoxy) is 1. The predicted molar refractivity (Wildman–Crippen MR) is 85.3 cm³/mol. The quantitative estimate of drug-likeness (QED) is 0.806. The molecule has 0 spiro atoms. The van der Waals surface area contributed by atoms with Gasteiger partial charge in [-0.15, -0.1) is 0 Å². The number of rotatable bonds is 6. The molecule has 1 atom stereocenters. The van der Waals surface area contributed by atoms with Gasteiger partial charge in [-0.25, -0.2) is 0 Å². The van der Waals surface area contributed by atoms with Gasteiger partial charge in [0, 0.05) is 0 Å². The molecule has 4 nitrogen and oxygen atoms in total. The van der Waals surface area contributed by atoms with Gasteiger partial charge in [0.1, 0.15) is 5.75 Å². The van der Waals surface area contributed by atoms with Crippen molar-refractivity contribution in [2.24, 2.45) is 0 Å². The molecule has 0 saturated heterocycles. The largest absolute Gasteiger partial charge is 0.483 e. The van der Waals surface area contributed by atoms with Crippen LogP contribution in [0.15, 0.2) is 48.5 Å². The van der Waals surface area contributed by atoms with E-state index in [1.165, 1.54) is 12.1 Å². The van der Waals surface area contributed by atoms with E-state index in [4.69, 9.17) is 4.74 Å². The first kappa shape index (κ1) is 18.5. The van der Waals surface area contributed by atoms with Crippen LogP contribution in [-0.4, -0.2) is 18.8 Å². The molecule has 0 bridgehead atoms. The molecule has 2 aromatic carbocycles. The number of nitrogens with one attached hydrogen (secondary N) is 1. The van der Waals surface area contributed by atoms with Gasteiger partial charge >= 0.3 is 6.18 Å². The zero-order valence-electron chi connectivity index (χ0n) is 13.3. The van der Waals surface area contributed by atoms with Gasteiger partial charge in [-0.1, -0.05) is 24.3 Å². The van der Waals surface area contributed by atoms with E-state index in [0.29, 0.717) is 17.4 Å². The van der Waals surface area contributed by atoms with E-state index in [-0.39, 0.29) is 12.4 Å². The first-order valence-electron chi connectivity index (χ1n) is 7.45. The van der Waals surface area contributed by atoms with E-state index in [1.54, 1.807) is 31.2 Å². The number of carbonyl (C=O) groups is 2. The average Bonchev–Trinajstić information content (AvgIpc) is 2.59. The molecule has 0 aliphatic carbocycles. The summed E-state index contributed by atoms with van der Waals surface area (Å²) in [5, 5.41) is 2.56. The Hall–Kier alpha value is -2.83. The van der Waals surface area contributed by atoms with Crippen molar-refractivity contribution in [1.82, 2.24) is 5.32 Å². The highest BCUT2D eigenvalue weighted by Gasteiger charge is 2.30. The summed E-state index contributed by atoms with van der Waals surface area (Å²) in [6.45, 7) is 1.22. The third-order valence-corrected chi connectivity index (χ3v) is 3.50. The first-order valence-corrected chi connectivity index (χ1v) is 7.45. The fourth-order valence-electron chi connectivity index (χ4n) is 2.20. The van der Waals surface area contributed by atoms with Crippen LogP contribution in [-0.2, 0) is 11.0 Å². The van der Waals surface area contributed by atoms with Crippen LogP contribution in [0.2, 0.25) is 0 Å². The van der Waals surface area contributed by atoms with Crippen LogP contribution in [0, 0.1) is 0 Å². The fourth-order valence-corrected chi connectivity index (χ4v) is 2.20.